The molecular formula is C54H42Cl2F3N7O10. The summed E-state index contributed by atoms with van der Waals surface area (Å²) in [7, 11) is 1.25. The van der Waals surface area contributed by atoms with E-state index < -0.39 is 52.2 Å². The quantitative estimate of drug-likeness (QED) is 0.0271. The zero-order valence-corrected chi connectivity index (χ0v) is 40.9. The number of halogens is 5. The van der Waals surface area contributed by atoms with Crippen LogP contribution in [-0.2, 0) is 10.9 Å². The maximum absolute atomic E-state index is 12.6. The van der Waals surface area contributed by atoms with Gasteiger partial charge in [0.2, 0.25) is 0 Å². The normalized spacial score (nSPS) is 10.4. The third-order valence-corrected chi connectivity index (χ3v) is 11.2. The SMILES string of the molecule is COC(=O)c1ccc(NC(=O)Nc2ccccc2-c2ccccc2)c(O)c1.O=C(Nc1ccc(C(F)(F)F)cc1O)Nc1ccccc1-c1ccccc1.O=C(Nc1ccc([N+](=O)[O-])cc1O)Nc1cccc(Cl)c1Cl. The topological polar surface area (TPSA) is 254 Å². The van der Waals surface area contributed by atoms with E-state index in [1.165, 1.54) is 31.4 Å². The highest BCUT2D eigenvalue weighted by Gasteiger charge is 2.31. The molecule has 0 aliphatic rings. The number of methoxy groups -OCH3 is 1. The van der Waals surface area contributed by atoms with Gasteiger partial charge >= 0.3 is 30.2 Å². The third kappa shape index (κ3) is 15.4. The molecule has 8 rings (SSSR count). The number of para-hydroxylation sites is 2. The van der Waals surface area contributed by atoms with Crippen molar-refractivity contribution in [2.45, 2.75) is 6.18 Å². The van der Waals surface area contributed by atoms with E-state index in [1.54, 1.807) is 36.4 Å². The Kier molecular flexibility index (Phi) is 18.8. The number of carbonyl (C=O) groups is 4. The minimum atomic E-state index is -4.58. The van der Waals surface area contributed by atoms with Crippen molar-refractivity contribution >= 4 is 87.1 Å². The number of carbonyl (C=O) groups excluding carboxylic acids is 4. The third-order valence-electron chi connectivity index (χ3n) is 10.4. The zero-order valence-electron chi connectivity index (χ0n) is 39.4. The molecule has 0 fully saturated rings. The Morgan fingerprint density at radius 1 is 0.500 bits per heavy atom. The van der Waals surface area contributed by atoms with Crippen LogP contribution in [0.15, 0.2) is 182 Å². The number of urea groups is 3. The molecule has 0 saturated heterocycles. The highest BCUT2D eigenvalue weighted by Crippen LogP contribution is 2.36. The van der Waals surface area contributed by atoms with E-state index >= 15 is 0 Å². The minimum Gasteiger partial charge on any atom is -0.506 e. The molecule has 22 heteroatoms. The molecule has 8 aromatic carbocycles. The molecule has 6 amide bonds. The Labute approximate surface area is 440 Å². The van der Waals surface area contributed by atoms with Crippen LogP contribution in [0.3, 0.4) is 0 Å². The monoisotopic (exact) mass is 1080 g/mol. The first-order valence-electron chi connectivity index (χ1n) is 22.1. The number of nitrogens with one attached hydrogen (secondary N) is 6. The number of ether oxygens (including phenoxy) is 1. The smallest absolute Gasteiger partial charge is 0.416 e. The largest absolute Gasteiger partial charge is 0.506 e. The second-order valence-electron chi connectivity index (χ2n) is 15.6. The molecule has 0 aromatic heterocycles. The number of aromatic hydroxyl groups is 3. The summed E-state index contributed by atoms with van der Waals surface area (Å²) in [5.74, 6) is -1.90. The van der Waals surface area contributed by atoms with Crippen molar-refractivity contribution < 1.29 is 57.3 Å². The molecule has 0 heterocycles. The number of phenolic OH excluding ortho intramolecular Hbond substituents is 3. The van der Waals surface area contributed by atoms with E-state index in [2.05, 4.69) is 36.6 Å². The predicted molar refractivity (Wildman–Crippen MR) is 285 cm³/mol. The molecular weight excluding hydrogens is 1030 g/mol. The lowest BCUT2D eigenvalue weighted by Gasteiger charge is -2.14. The molecule has 0 aliphatic heterocycles. The van der Waals surface area contributed by atoms with Crippen LogP contribution >= 0.6 is 23.2 Å². The molecule has 0 unspecified atom stereocenters. The van der Waals surface area contributed by atoms with E-state index in [-0.39, 0.29) is 49.8 Å². The summed E-state index contributed by atoms with van der Waals surface area (Å²) >= 11 is 11.8. The van der Waals surface area contributed by atoms with Crippen molar-refractivity contribution in [2.75, 3.05) is 39.0 Å². The Bertz CT molecular complexity index is 3390. The van der Waals surface area contributed by atoms with Gasteiger partial charge in [-0.1, -0.05) is 126 Å². The van der Waals surface area contributed by atoms with Crippen LogP contribution in [0.5, 0.6) is 17.2 Å². The van der Waals surface area contributed by atoms with Gasteiger partial charge in [0.15, 0.2) is 0 Å². The second kappa shape index (κ2) is 25.7. The fraction of sp³-hybridized carbons (Fsp3) is 0.0370. The Morgan fingerprint density at radius 3 is 1.36 bits per heavy atom. The number of non-ortho nitro benzene ring substituents is 1. The number of nitrogens with zero attached hydrogens (tertiary/aromatic N) is 1. The molecule has 17 nitrogen and oxygen atoms in total. The van der Waals surface area contributed by atoms with Gasteiger partial charge in [0, 0.05) is 17.2 Å². The number of alkyl halides is 3. The van der Waals surface area contributed by atoms with Gasteiger partial charge in [-0.2, -0.15) is 13.2 Å². The summed E-state index contributed by atoms with van der Waals surface area (Å²) in [6, 6.07) is 46.2. The lowest BCUT2D eigenvalue weighted by atomic mass is 10.0. The second-order valence-corrected chi connectivity index (χ2v) is 16.4. The number of phenols is 3. The summed E-state index contributed by atoms with van der Waals surface area (Å²) in [6.07, 6.45) is -4.58. The fourth-order valence-corrected chi connectivity index (χ4v) is 7.13. The summed E-state index contributed by atoms with van der Waals surface area (Å²) in [4.78, 5) is 57.8. The molecule has 0 radical (unpaired) electrons. The van der Waals surface area contributed by atoms with E-state index in [0.717, 1.165) is 46.5 Å². The minimum absolute atomic E-state index is 0.0150. The van der Waals surface area contributed by atoms with Crippen molar-refractivity contribution in [3.63, 3.8) is 0 Å². The number of nitro benzene ring substituents is 1. The molecule has 0 atom stereocenters. The number of benzene rings is 8. The first-order chi connectivity index (χ1) is 36.3. The van der Waals surface area contributed by atoms with Crippen molar-refractivity contribution in [1.29, 1.82) is 0 Å². The number of esters is 1. The number of rotatable bonds is 10. The van der Waals surface area contributed by atoms with Gasteiger partial charge in [-0.3, -0.25) is 10.1 Å². The molecule has 0 aliphatic carbocycles. The van der Waals surface area contributed by atoms with E-state index in [1.807, 2.05) is 91.0 Å². The van der Waals surface area contributed by atoms with Crippen LogP contribution in [0.2, 0.25) is 10.0 Å². The summed E-state index contributed by atoms with van der Waals surface area (Å²) < 4.78 is 42.5. The molecule has 76 heavy (non-hydrogen) atoms. The van der Waals surface area contributed by atoms with E-state index in [4.69, 9.17) is 23.2 Å². The van der Waals surface area contributed by atoms with Crippen molar-refractivity contribution in [2.24, 2.45) is 0 Å². The maximum atomic E-state index is 12.6. The number of hydrogen-bond acceptors (Lipinski definition) is 10. The van der Waals surface area contributed by atoms with Gasteiger partial charge < -0.3 is 52.0 Å². The first kappa shape index (κ1) is 55.5. The Morgan fingerprint density at radius 2 is 0.908 bits per heavy atom. The molecule has 8 aromatic rings. The van der Waals surface area contributed by atoms with Crippen molar-refractivity contribution in [3.05, 3.63) is 213 Å². The van der Waals surface area contributed by atoms with E-state index in [0.29, 0.717) is 17.4 Å². The highest BCUT2D eigenvalue weighted by molar-refractivity contribution is 6.44. The standard InChI is InChI=1S/C21H18N2O4.C20H15F3N2O2.C13H9Cl2N3O4/c1-27-20(25)15-11-12-18(19(24)13-15)23-21(26)22-17-10-6-5-9-16(17)14-7-3-2-4-8-14;21-20(22,23)14-10-11-17(18(26)12-14)25-19(27)24-16-9-5-4-8-15(16)13-6-2-1-3-7-13;14-8-2-1-3-10(12(8)15)17-13(20)16-9-5-4-7(18(21)22)6-11(9)19/h2-13,24H,1H3,(H2,22,23,26);1-12,26H,(H2,24,25,27);1-6,19H,(H2,16,17,20). The first-order valence-corrected chi connectivity index (χ1v) is 22.8. The lowest BCUT2D eigenvalue weighted by molar-refractivity contribution is -0.384. The van der Waals surface area contributed by atoms with Gasteiger partial charge in [0.1, 0.15) is 17.2 Å². The maximum Gasteiger partial charge on any atom is 0.416 e. The number of hydrogen-bond donors (Lipinski definition) is 9. The molecule has 0 bridgehead atoms. The zero-order chi connectivity index (χ0) is 54.9. The van der Waals surface area contributed by atoms with E-state index in [9.17, 15) is 57.8 Å². The molecule has 9 N–H and O–H groups in total. The molecule has 0 spiro atoms. The van der Waals surface area contributed by atoms with Crippen LogP contribution in [0.4, 0.5) is 67.4 Å². The van der Waals surface area contributed by atoms with Crippen LogP contribution in [0.25, 0.3) is 22.3 Å². The molecule has 0 saturated carbocycles. The average Bonchev–Trinajstić information content (AvgIpc) is 3.40. The lowest BCUT2D eigenvalue weighted by Crippen LogP contribution is -2.20. The predicted octanol–water partition coefficient (Wildman–Crippen LogP) is 14.5. The summed E-state index contributed by atoms with van der Waals surface area (Å²) in [5, 5.41) is 55.6. The van der Waals surface area contributed by atoms with Crippen LogP contribution < -0.4 is 31.9 Å². The fourth-order valence-electron chi connectivity index (χ4n) is 6.79. The van der Waals surface area contributed by atoms with Gasteiger partial charge in [-0.25, -0.2) is 19.2 Å². The number of nitro groups is 1. The van der Waals surface area contributed by atoms with Gasteiger partial charge in [0.25, 0.3) is 5.69 Å². The Hall–Kier alpha value is -9.79. The number of amides is 6. The van der Waals surface area contributed by atoms with Gasteiger partial charge in [-0.15, -0.1) is 0 Å². The van der Waals surface area contributed by atoms with Crippen molar-refractivity contribution in [1.82, 2.24) is 0 Å². The summed E-state index contributed by atoms with van der Waals surface area (Å²) in [6.45, 7) is 0. The van der Waals surface area contributed by atoms with Gasteiger partial charge in [0.05, 0.1) is 73.4 Å². The van der Waals surface area contributed by atoms with Crippen molar-refractivity contribution in [3.8, 4) is 39.5 Å². The molecule has 388 valence electrons. The van der Waals surface area contributed by atoms with Gasteiger partial charge in [-0.05, 0) is 77.9 Å². The Balaban J connectivity index is 0.000000186. The van der Waals surface area contributed by atoms with Crippen LogP contribution in [0, 0.1) is 10.1 Å². The average molecular weight is 1080 g/mol. The van der Waals surface area contributed by atoms with Crippen LogP contribution in [-0.4, -0.2) is 51.4 Å². The number of anilines is 6. The summed E-state index contributed by atoms with van der Waals surface area (Å²) in [5.41, 5.74) is 3.92. The highest BCUT2D eigenvalue weighted by atomic mass is 35.5. The van der Waals surface area contributed by atoms with Crippen LogP contribution in [0.1, 0.15) is 15.9 Å².